The van der Waals surface area contributed by atoms with Crippen molar-refractivity contribution in [2.75, 3.05) is 5.32 Å². The van der Waals surface area contributed by atoms with Crippen LogP contribution in [0.3, 0.4) is 0 Å². The second-order valence-electron chi connectivity index (χ2n) is 6.28. The van der Waals surface area contributed by atoms with Gasteiger partial charge in [-0.25, -0.2) is 4.79 Å². The number of aromatic carboxylic acids is 1. The monoisotopic (exact) mass is 354 g/mol. The van der Waals surface area contributed by atoms with E-state index in [-0.39, 0.29) is 24.4 Å². The molecule has 0 radical (unpaired) electrons. The molecule has 0 fully saturated rings. The molecule has 7 nitrogen and oxygen atoms in total. The number of carbonyl (C=O) groups excluding carboxylic acids is 1. The van der Waals surface area contributed by atoms with Crippen molar-refractivity contribution in [1.82, 2.24) is 4.98 Å². The summed E-state index contributed by atoms with van der Waals surface area (Å²) in [6, 6.07) is 5.59. The number of hydrogen-bond acceptors (Lipinski definition) is 3. The van der Waals surface area contributed by atoms with Crippen molar-refractivity contribution in [3.8, 4) is 0 Å². The zero-order valence-electron chi connectivity index (χ0n) is 14.3. The molecule has 0 atom stereocenters. The molecule has 0 aliphatic carbocycles. The predicted octanol–water partition coefficient (Wildman–Crippen LogP) is 2.84. The molecular formula is C19H18N2O5. The highest BCUT2D eigenvalue weighted by Crippen LogP contribution is 2.34. The van der Waals surface area contributed by atoms with Gasteiger partial charge in [-0.05, 0) is 49.6 Å². The maximum absolute atomic E-state index is 12.3. The molecule has 3 rings (SSSR count). The molecule has 1 amide bonds. The predicted molar refractivity (Wildman–Crippen MR) is 96.1 cm³/mol. The first-order valence-electron chi connectivity index (χ1n) is 8.08. The standard InChI is InChI=1S/C19H18N2O5/c1-9-3-5-14-12(7-9)13(18(24)21-14)8-15-11(4-6-16(22)23)10(2)17(20-15)19(25)26/h3,5,7-8,20H,4,6H2,1-2H3,(H,21,24)(H,22,23)(H,25,26)/b13-8-. The van der Waals surface area contributed by atoms with Crippen LogP contribution in [0, 0.1) is 13.8 Å². The highest BCUT2D eigenvalue weighted by atomic mass is 16.4. The number of anilines is 1. The molecule has 1 aromatic carbocycles. The first-order chi connectivity index (χ1) is 12.3. The molecule has 134 valence electrons. The third-order valence-electron chi connectivity index (χ3n) is 4.46. The van der Waals surface area contributed by atoms with Crippen LogP contribution in [0.4, 0.5) is 5.69 Å². The fourth-order valence-corrected chi connectivity index (χ4v) is 3.14. The van der Waals surface area contributed by atoms with Crippen molar-refractivity contribution in [2.45, 2.75) is 26.7 Å². The summed E-state index contributed by atoms with van der Waals surface area (Å²) < 4.78 is 0. The number of aromatic nitrogens is 1. The molecule has 1 aliphatic heterocycles. The van der Waals surface area contributed by atoms with Gasteiger partial charge < -0.3 is 20.5 Å². The number of hydrogen-bond donors (Lipinski definition) is 4. The van der Waals surface area contributed by atoms with Crippen molar-refractivity contribution in [3.05, 3.63) is 51.8 Å². The van der Waals surface area contributed by atoms with E-state index in [0.717, 1.165) is 11.1 Å². The van der Waals surface area contributed by atoms with Crippen LogP contribution >= 0.6 is 0 Å². The molecule has 2 aromatic rings. The largest absolute Gasteiger partial charge is 0.481 e. The summed E-state index contributed by atoms with van der Waals surface area (Å²) in [6.45, 7) is 3.55. The van der Waals surface area contributed by atoms with Gasteiger partial charge in [-0.1, -0.05) is 11.6 Å². The van der Waals surface area contributed by atoms with Gasteiger partial charge in [-0.2, -0.15) is 0 Å². The number of carbonyl (C=O) groups is 3. The van der Waals surface area contributed by atoms with Gasteiger partial charge in [0.15, 0.2) is 0 Å². The Bertz CT molecular complexity index is 969. The second-order valence-corrected chi connectivity index (χ2v) is 6.28. The Morgan fingerprint density at radius 3 is 2.58 bits per heavy atom. The second kappa shape index (κ2) is 6.51. The first-order valence-corrected chi connectivity index (χ1v) is 8.08. The van der Waals surface area contributed by atoms with E-state index in [4.69, 9.17) is 5.11 Å². The maximum Gasteiger partial charge on any atom is 0.352 e. The summed E-state index contributed by atoms with van der Waals surface area (Å²) in [6.07, 6.45) is 1.64. The van der Waals surface area contributed by atoms with Crippen molar-refractivity contribution < 1.29 is 24.6 Å². The molecular weight excluding hydrogens is 336 g/mol. The van der Waals surface area contributed by atoms with E-state index >= 15 is 0 Å². The molecule has 0 bridgehead atoms. The van der Waals surface area contributed by atoms with E-state index in [9.17, 15) is 19.5 Å². The fraction of sp³-hybridized carbons (Fsp3) is 0.211. The smallest absolute Gasteiger partial charge is 0.352 e. The van der Waals surface area contributed by atoms with E-state index < -0.39 is 11.9 Å². The van der Waals surface area contributed by atoms with Crippen molar-refractivity contribution in [1.29, 1.82) is 0 Å². The third kappa shape index (κ3) is 3.11. The van der Waals surface area contributed by atoms with Crippen LogP contribution in [0.15, 0.2) is 18.2 Å². The summed E-state index contributed by atoms with van der Waals surface area (Å²) in [4.78, 5) is 37.5. The quantitative estimate of drug-likeness (QED) is 0.616. The van der Waals surface area contributed by atoms with Crippen molar-refractivity contribution in [2.24, 2.45) is 0 Å². The Labute approximate surface area is 149 Å². The number of fused-ring (bicyclic) bond motifs is 1. The average Bonchev–Trinajstić information content (AvgIpc) is 3.03. The number of amides is 1. The van der Waals surface area contributed by atoms with Gasteiger partial charge in [0.05, 0.1) is 5.57 Å². The average molecular weight is 354 g/mol. The lowest BCUT2D eigenvalue weighted by Crippen LogP contribution is -2.04. The van der Waals surface area contributed by atoms with E-state index in [0.29, 0.717) is 28.1 Å². The Morgan fingerprint density at radius 1 is 1.19 bits per heavy atom. The lowest BCUT2D eigenvalue weighted by Gasteiger charge is -2.03. The number of aromatic amines is 1. The first kappa shape index (κ1) is 17.5. The highest BCUT2D eigenvalue weighted by Gasteiger charge is 2.26. The minimum atomic E-state index is -1.13. The maximum atomic E-state index is 12.3. The number of H-pyrrole nitrogens is 1. The van der Waals surface area contributed by atoms with Crippen LogP contribution in [0.5, 0.6) is 0 Å². The lowest BCUT2D eigenvalue weighted by molar-refractivity contribution is -0.137. The van der Waals surface area contributed by atoms with E-state index in [2.05, 4.69) is 10.3 Å². The molecule has 0 saturated heterocycles. The molecule has 4 N–H and O–H groups in total. The van der Waals surface area contributed by atoms with E-state index in [1.165, 1.54) is 0 Å². The summed E-state index contributed by atoms with van der Waals surface area (Å²) >= 11 is 0. The van der Waals surface area contributed by atoms with Crippen LogP contribution in [-0.4, -0.2) is 33.0 Å². The van der Waals surface area contributed by atoms with Crippen molar-refractivity contribution >= 4 is 35.2 Å². The van der Waals surface area contributed by atoms with Gasteiger partial charge in [0.2, 0.25) is 0 Å². The molecule has 0 spiro atoms. The highest BCUT2D eigenvalue weighted by molar-refractivity contribution is 6.35. The molecule has 7 heteroatoms. The Morgan fingerprint density at radius 2 is 1.92 bits per heavy atom. The van der Waals surface area contributed by atoms with Crippen LogP contribution in [0.2, 0.25) is 0 Å². The van der Waals surface area contributed by atoms with Gasteiger partial charge in [-0.3, -0.25) is 9.59 Å². The normalized spacial score (nSPS) is 14.4. The minimum absolute atomic E-state index is 0.000101. The zero-order chi connectivity index (χ0) is 19.0. The molecule has 1 aromatic heterocycles. The van der Waals surface area contributed by atoms with Gasteiger partial charge in [0, 0.05) is 23.4 Å². The number of benzene rings is 1. The Hall–Kier alpha value is -3.35. The van der Waals surface area contributed by atoms with Crippen LogP contribution in [-0.2, 0) is 16.0 Å². The number of rotatable bonds is 5. The third-order valence-corrected chi connectivity index (χ3v) is 4.46. The summed E-state index contributed by atoms with van der Waals surface area (Å²) in [5.74, 6) is -2.38. The van der Waals surface area contributed by atoms with E-state index in [1.807, 2.05) is 25.1 Å². The number of carboxylic acids is 2. The number of carboxylic acid groups (broad SMARTS) is 2. The Balaban J connectivity index is 2.12. The summed E-state index contributed by atoms with van der Waals surface area (Å²) in [5.41, 5.74) is 4.36. The Kier molecular flexibility index (Phi) is 4.38. The summed E-state index contributed by atoms with van der Waals surface area (Å²) in [7, 11) is 0. The minimum Gasteiger partial charge on any atom is -0.481 e. The van der Waals surface area contributed by atoms with Crippen LogP contribution in [0.25, 0.3) is 11.6 Å². The van der Waals surface area contributed by atoms with Crippen molar-refractivity contribution in [3.63, 3.8) is 0 Å². The van der Waals surface area contributed by atoms with Gasteiger partial charge >= 0.3 is 11.9 Å². The number of aliphatic carboxylic acids is 1. The van der Waals surface area contributed by atoms with Gasteiger partial charge in [-0.15, -0.1) is 0 Å². The topological polar surface area (TPSA) is 119 Å². The SMILES string of the molecule is Cc1ccc2c(c1)/C(=C/c1[nH]c(C(=O)O)c(C)c1CCC(=O)O)C(=O)N2. The molecule has 2 heterocycles. The fourth-order valence-electron chi connectivity index (χ4n) is 3.14. The van der Waals surface area contributed by atoms with Gasteiger partial charge in [0.1, 0.15) is 5.69 Å². The number of nitrogens with one attached hydrogen (secondary N) is 2. The lowest BCUT2D eigenvalue weighted by atomic mass is 10.00. The number of aryl methyl sites for hydroxylation is 1. The molecule has 26 heavy (non-hydrogen) atoms. The van der Waals surface area contributed by atoms with Gasteiger partial charge in [0.25, 0.3) is 5.91 Å². The molecule has 1 aliphatic rings. The molecule has 0 saturated carbocycles. The van der Waals surface area contributed by atoms with Crippen LogP contribution in [0.1, 0.15) is 44.9 Å². The summed E-state index contributed by atoms with van der Waals surface area (Å²) in [5, 5.41) is 21.1. The molecule has 0 unspecified atom stereocenters. The van der Waals surface area contributed by atoms with Crippen LogP contribution < -0.4 is 5.32 Å². The zero-order valence-corrected chi connectivity index (χ0v) is 14.3. The van der Waals surface area contributed by atoms with E-state index in [1.54, 1.807) is 13.0 Å².